The number of aromatic nitrogens is 2. The molecule has 20 heavy (non-hydrogen) atoms. The van der Waals surface area contributed by atoms with Crippen LogP contribution in [0.25, 0.3) is 0 Å². The van der Waals surface area contributed by atoms with E-state index in [-0.39, 0.29) is 6.61 Å². The van der Waals surface area contributed by atoms with E-state index in [9.17, 15) is 0 Å². The standard InChI is InChI=1S/C12H12BrCl2N3O2/c1-12(2,16)11-17-10(20-18-11)5-19-9-4-7(14)6(13)3-8(9)15/h3-4H,5,16H2,1-2H3. The summed E-state index contributed by atoms with van der Waals surface area (Å²) in [5.41, 5.74) is 5.20. The normalized spacial score (nSPS) is 11.7. The number of halogens is 3. The molecule has 0 saturated heterocycles. The highest BCUT2D eigenvalue weighted by atomic mass is 79.9. The maximum absolute atomic E-state index is 6.05. The number of benzene rings is 1. The molecule has 2 aromatic rings. The summed E-state index contributed by atoms with van der Waals surface area (Å²) < 4.78 is 11.3. The minimum atomic E-state index is -0.666. The van der Waals surface area contributed by atoms with Crippen LogP contribution in [0.1, 0.15) is 25.6 Å². The highest BCUT2D eigenvalue weighted by Gasteiger charge is 2.21. The van der Waals surface area contributed by atoms with Crippen LogP contribution in [0.2, 0.25) is 10.0 Å². The van der Waals surface area contributed by atoms with Crippen LogP contribution in [0, 0.1) is 0 Å². The molecule has 2 N–H and O–H groups in total. The number of nitrogens with two attached hydrogens (primary N) is 1. The van der Waals surface area contributed by atoms with Gasteiger partial charge in [0.2, 0.25) is 0 Å². The van der Waals surface area contributed by atoms with Crippen molar-refractivity contribution in [1.82, 2.24) is 10.1 Å². The lowest BCUT2D eigenvalue weighted by molar-refractivity contribution is 0.242. The van der Waals surface area contributed by atoms with Crippen molar-refractivity contribution in [3.05, 3.63) is 38.4 Å². The topological polar surface area (TPSA) is 74.2 Å². The van der Waals surface area contributed by atoms with Gasteiger partial charge in [-0.3, -0.25) is 0 Å². The van der Waals surface area contributed by atoms with Gasteiger partial charge in [0.15, 0.2) is 12.4 Å². The van der Waals surface area contributed by atoms with Crippen LogP contribution in [0.4, 0.5) is 0 Å². The van der Waals surface area contributed by atoms with Gasteiger partial charge < -0.3 is 15.0 Å². The Morgan fingerprint density at radius 3 is 2.65 bits per heavy atom. The SMILES string of the molecule is CC(C)(N)c1noc(COc2cc(Cl)c(Br)cc2Cl)n1. The number of hydrogen-bond acceptors (Lipinski definition) is 5. The quantitative estimate of drug-likeness (QED) is 0.813. The fraction of sp³-hybridized carbons (Fsp3) is 0.333. The minimum Gasteiger partial charge on any atom is -0.482 e. The molecule has 0 aliphatic carbocycles. The number of nitrogens with zero attached hydrogens (tertiary/aromatic N) is 2. The van der Waals surface area contributed by atoms with Crippen LogP contribution >= 0.6 is 39.1 Å². The molecule has 0 aliphatic heterocycles. The summed E-state index contributed by atoms with van der Waals surface area (Å²) in [6.07, 6.45) is 0. The van der Waals surface area contributed by atoms with Gasteiger partial charge in [-0.05, 0) is 35.8 Å². The molecule has 1 aromatic carbocycles. The Labute approximate surface area is 134 Å². The van der Waals surface area contributed by atoms with E-state index >= 15 is 0 Å². The Hall–Kier alpha value is -0.820. The van der Waals surface area contributed by atoms with Crippen molar-refractivity contribution in [2.45, 2.75) is 26.0 Å². The van der Waals surface area contributed by atoms with Crippen molar-refractivity contribution < 1.29 is 9.26 Å². The van der Waals surface area contributed by atoms with E-state index in [1.807, 2.05) is 0 Å². The minimum absolute atomic E-state index is 0.0841. The first-order valence-corrected chi connectivity index (χ1v) is 7.21. The molecular weight excluding hydrogens is 369 g/mol. The molecule has 0 unspecified atom stereocenters. The van der Waals surface area contributed by atoms with E-state index in [0.717, 1.165) is 0 Å². The lowest BCUT2D eigenvalue weighted by atomic mass is 10.1. The monoisotopic (exact) mass is 379 g/mol. The van der Waals surface area contributed by atoms with E-state index < -0.39 is 5.54 Å². The number of hydrogen-bond donors (Lipinski definition) is 1. The summed E-state index contributed by atoms with van der Waals surface area (Å²) in [4.78, 5) is 4.15. The van der Waals surface area contributed by atoms with Gasteiger partial charge in [0.1, 0.15) is 5.75 Å². The zero-order valence-corrected chi connectivity index (χ0v) is 13.9. The fourth-order valence-electron chi connectivity index (χ4n) is 1.33. The largest absolute Gasteiger partial charge is 0.482 e. The molecule has 0 aliphatic rings. The third-order valence-corrected chi connectivity index (χ3v) is 3.86. The van der Waals surface area contributed by atoms with Crippen LogP contribution < -0.4 is 10.5 Å². The zero-order chi connectivity index (χ0) is 14.9. The maximum Gasteiger partial charge on any atom is 0.264 e. The van der Waals surface area contributed by atoms with Gasteiger partial charge in [-0.15, -0.1) is 0 Å². The third kappa shape index (κ3) is 3.63. The number of ether oxygens (including phenoxy) is 1. The van der Waals surface area contributed by atoms with Crippen LogP contribution in [0.15, 0.2) is 21.1 Å². The first-order valence-electron chi connectivity index (χ1n) is 5.66. The van der Waals surface area contributed by atoms with Crippen LogP contribution in [0.3, 0.4) is 0 Å². The van der Waals surface area contributed by atoms with Gasteiger partial charge in [-0.25, -0.2) is 0 Å². The van der Waals surface area contributed by atoms with E-state index in [4.69, 9.17) is 38.2 Å². The molecule has 5 nitrogen and oxygen atoms in total. The fourth-order valence-corrected chi connectivity index (χ4v) is 2.18. The van der Waals surface area contributed by atoms with Crippen molar-refractivity contribution in [3.8, 4) is 5.75 Å². The maximum atomic E-state index is 6.05. The van der Waals surface area contributed by atoms with Gasteiger partial charge >= 0.3 is 0 Å². The molecule has 0 atom stereocenters. The Bertz CT molecular complexity index is 626. The van der Waals surface area contributed by atoms with Gasteiger partial charge in [0.25, 0.3) is 5.89 Å². The molecule has 0 saturated carbocycles. The molecule has 8 heteroatoms. The average Bonchev–Trinajstić information content (AvgIpc) is 2.80. The van der Waals surface area contributed by atoms with Gasteiger partial charge in [-0.2, -0.15) is 4.98 Å². The molecule has 0 fully saturated rings. The number of rotatable bonds is 4. The first kappa shape index (κ1) is 15.6. The van der Waals surface area contributed by atoms with Crippen LogP contribution in [0.5, 0.6) is 5.75 Å². The Balaban J connectivity index is 2.09. The van der Waals surface area contributed by atoms with Crippen LogP contribution in [-0.2, 0) is 12.1 Å². The molecule has 0 bridgehead atoms. The lowest BCUT2D eigenvalue weighted by Crippen LogP contribution is -2.30. The molecule has 2 rings (SSSR count). The van der Waals surface area contributed by atoms with Crippen molar-refractivity contribution >= 4 is 39.1 Å². The van der Waals surface area contributed by atoms with E-state index in [2.05, 4.69) is 26.1 Å². The van der Waals surface area contributed by atoms with Gasteiger partial charge in [-0.1, -0.05) is 28.4 Å². The van der Waals surface area contributed by atoms with E-state index in [1.165, 1.54) is 0 Å². The second-order valence-corrected chi connectivity index (χ2v) is 6.39. The molecule has 0 radical (unpaired) electrons. The Kier molecular flexibility index (Phi) is 4.59. The average molecular weight is 381 g/mol. The van der Waals surface area contributed by atoms with Gasteiger partial charge in [0.05, 0.1) is 15.6 Å². The summed E-state index contributed by atoms with van der Waals surface area (Å²) in [6.45, 7) is 3.66. The van der Waals surface area contributed by atoms with E-state index in [0.29, 0.717) is 32.0 Å². The molecule has 1 heterocycles. The zero-order valence-electron chi connectivity index (χ0n) is 10.8. The van der Waals surface area contributed by atoms with Crippen molar-refractivity contribution in [1.29, 1.82) is 0 Å². The summed E-state index contributed by atoms with van der Waals surface area (Å²) >= 11 is 15.3. The highest BCUT2D eigenvalue weighted by molar-refractivity contribution is 9.10. The molecule has 108 valence electrons. The smallest absolute Gasteiger partial charge is 0.264 e. The molecular formula is C12H12BrCl2N3O2. The molecule has 0 amide bonds. The second kappa shape index (κ2) is 5.89. The summed E-state index contributed by atoms with van der Waals surface area (Å²) in [6, 6.07) is 3.26. The summed E-state index contributed by atoms with van der Waals surface area (Å²) in [5.74, 6) is 1.16. The molecule has 0 spiro atoms. The second-order valence-electron chi connectivity index (χ2n) is 4.72. The summed E-state index contributed by atoms with van der Waals surface area (Å²) in [5, 5.41) is 4.73. The Morgan fingerprint density at radius 1 is 1.35 bits per heavy atom. The predicted molar refractivity (Wildman–Crippen MR) is 80.0 cm³/mol. The van der Waals surface area contributed by atoms with Crippen molar-refractivity contribution in [2.75, 3.05) is 0 Å². The lowest BCUT2D eigenvalue weighted by Gasteiger charge is -2.11. The Morgan fingerprint density at radius 2 is 2.05 bits per heavy atom. The first-order chi connectivity index (χ1) is 9.27. The molecule has 1 aromatic heterocycles. The summed E-state index contributed by atoms with van der Waals surface area (Å²) in [7, 11) is 0. The third-order valence-electron chi connectivity index (χ3n) is 2.37. The highest BCUT2D eigenvalue weighted by Crippen LogP contribution is 2.34. The predicted octanol–water partition coefficient (Wildman–Crippen LogP) is 3.91. The van der Waals surface area contributed by atoms with Crippen molar-refractivity contribution in [2.24, 2.45) is 5.73 Å². The van der Waals surface area contributed by atoms with E-state index in [1.54, 1.807) is 26.0 Å². The van der Waals surface area contributed by atoms with Crippen molar-refractivity contribution in [3.63, 3.8) is 0 Å². The van der Waals surface area contributed by atoms with Gasteiger partial charge in [0, 0.05) is 10.5 Å². The van der Waals surface area contributed by atoms with Crippen LogP contribution in [-0.4, -0.2) is 10.1 Å².